The smallest absolute Gasteiger partial charge is 0.136 e. The minimum Gasteiger partial charge on any atom is -0.338 e. The Kier molecular flexibility index (Phi) is 3.94. The lowest BCUT2D eigenvalue weighted by molar-refractivity contribution is -0.123. The number of carbonyl (C=O) groups excluding carboxylic acids is 1. The molecule has 1 aliphatic carbocycles. The molecular weight excluding hydrogens is 214 g/mol. The van der Waals surface area contributed by atoms with Gasteiger partial charge in [0.15, 0.2) is 0 Å². The molecule has 0 bridgehead atoms. The third kappa shape index (κ3) is 2.75. The van der Waals surface area contributed by atoms with E-state index in [-0.39, 0.29) is 5.92 Å². The van der Waals surface area contributed by atoms with E-state index in [4.69, 9.17) is 5.73 Å². The van der Waals surface area contributed by atoms with Gasteiger partial charge >= 0.3 is 0 Å². The van der Waals surface area contributed by atoms with Crippen molar-refractivity contribution in [2.45, 2.75) is 32.1 Å². The van der Waals surface area contributed by atoms with Crippen molar-refractivity contribution < 1.29 is 4.79 Å². The van der Waals surface area contributed by atoms with Crippen LogP contribution in [0.4, 0.5) is 0 Å². The van der Waals surface area contributed by atoms with Crippen LogP contribution < -0.4 is 5.73 Å². The number of ketones is 1. The summed E-state index contributed by atoms with van der Waals surface area (Å²) in [5, 5.41) is 0. The van der Waals surface area contributed by atoms with E-state index in [0.717, 1.165) is 31.5 Å². The van der Waals surface area contributed by atoms with Gasteiger partial charge in [-0.3, -0.25) is 4.79 Å². The third-order valence-electron chi connectivity index (χ3n) is 3.89. The van der Waals surface area contributed by atoms with Gasteiger partial charge in [-0.15, -0.1) is 0 Å². The SMILES string of the molecule is Cn1ccnc1CCC(=O)C1CCCC1CN. The predicted molar refractivity (Wildman–Crippen MR) is 66.4 cm³/mol. The van der Waals surface area contributed by atoms with Gasteiger partial charge in [0.1, 0.15) is 11.6 Å². The first kappa shape index (κ1) is 12.3. The first-order valence-electron chi connectivity index (χ1n) is 6.41. The number of Topliss-reactive ketones (excluding diaryl/α,β-unsaturated/α-hetero) is 1. The van der Waals surface area contributed by atoms with E-state index >= 15 is 0 Å². The van der Waals surface area contributed by atoms with Crippen LogP contribution in [0.1, 0.15) is 31.5 Å². The number of rotatable bonds is 5. The van der Waals surface area contributed by atoms with Crippen LogP contribution >= 0.6 is 0 Å². The zero-order valence-electron chi connectivity index (χ0n) is 10.4. The second-order valence-corrected chi connectivity index (χ2v) is 4.95. The molecule has 94 valence electrons. The summed E-state index contributed by atoms with van der Waals surface area (Å²) in [6.07, 6.45) is 8.34. The Bertz CT molecular complexity index is 386. The Hall–Kier alpha value is -1.16. The van der Waals surface area contributed by atoms with E-state index in [2.05, 4.69) is 4.98 Å². The van der Waals surface area contributed by atoms with E-state index in [9.17, 15) is 4.79 Å². The molecule has 0 radical (unpaired) electrons. The zero-order chi connectivity index (χ0) is 12.3. The van der Waals surface area contributed by atoms with Crippen LogP contribution in [0.5, 0.6) is 0 Å². The molecule has 1 aromatic heterocycles. The molecule has 4 heteroatoms. The zero-order valence-corrected chi connectivity index (χ0v) is 10.4. The molecule has 1 fully saturated rings. The Labute approximate surface area is 102 Å². The fourth-order valence-corrected chi connectivity index (χ4v) is 2.80. The van der Waals surface area contributed by atoms with E-state index < -0.39 is 0 Å². The number of nitrogens with two attached hydrogens (primary N) is 1. The van der Waals surface area contributed by atoms with Crippen molar-refractivity contribution in [3.8, 4) is 0 Å². The van der Waals surface area contributed by atoms with E-state index in [1.807, 2.05) is 17.8 Å². The summed E-state index contributed by atoms with van der Waals surface area (Å²) >= 11 is 0. The monoisotopic (exact) mass is 235 g/mol. The molecule has 2 atom stereocenters. The van der Waals surface area contributed by atoms with Gasteiger partial charge in [-0.05, 0) is 25.3 Å². The highest BCUT2D eigenvalue weighted by atomic mass is 16.1. The topological polar surface area (TPSA) is 60.9 Å². The van der Waals surface area contributed by atoms with Crippen molar-refractivity contribution >= 4 is 5.78 Å². The molecule has 2 unspecified atom stereocenters. The van der Waals surface area contributed by atoms with E-state index in [1.165, 1.54) is 0 Å². The van der Waals surface area contributed by atoms with Gasteiger partial charge in [-0.1, -0.05) is 6.42 Å². The molecule has 1 aromatic rings. The minimum absolute atomic E-state index is 0.209. The Morgan fingerprint density at radius 1 is 1.59 bits per heavy atom. The number of nitrogens with zero attached hydrogens (tertiary/aromatic N) is 2. The van der Waals surface area contributed by atoms with Crippen LogP contribution in [0.3, 0.4) is 0 Å². The maximum Gasteiger partial charge on any atom is 0.136 e. The molecule has 1 aliphatic rings. The van der Waals surface area contributed by atoms with Crippen LogP contribution in [0.15, 0.2) is 12.4 Å². The molecule has 17 heavy (non-hydrogen) atoms. The van der Waals surface area contributed by atoms with E-state index in [0.29, 0.717) is 24.7 Å². The molecule has 0 aliphatic heterocycles. The third-order valence-corrected chi connectivity index (χ3v) is 3.89. The molecule has 0 aromatic carbocycles. The lowest BCUT2D eigenvalue weighted by Gasteiger charge is -2.16. The Balaban J connectivity index is 1.87. The van der Waals surface area contributed by atoms with Gasteiger partial charge < -0.3 is 10.3 Å². The van der Waals surface area contributed by atoms with Gasteiger partial charge in [-0.2, -0.15) is 0 Å². The Morgan fingerprint density at radius 2 is 2.41 bits per heavy atom. The second kappa shape index (κ2) is 5.45. The highest BCUT2D eigenvalue weighted by Crippen LogP contribution is 2.32. The molecule has 2 N–H and O–H groups in total. The maximum atomic E-state index is 12.1. The van der Waals surface area contributed by atoms with Crippen LogP contribution in [-0.2, 0) is 18.3 Å². The number of aryl methyl sites for hydroxylation is 2. The number of aromatic nitrogens is 2. The standard InChI is InChI=1S/C13H21N3O/c1-16-8-7-15-13(16)6-5-12(17)11-4-2-3-10(11)9-14/h7-8,10-11H,2-6,9,14H2,1H3. The molecule has 1 heterocycles. The van der Waals surface area contributed by atoms with Crippen molar-refractivity contribution in [3.05, 3.63) is 18.2 Å². The molecule has 0 amide bonds. The highest BCUT2D eigenvalue weighted by molar-refractivity contribution is 5.81. The quantitative estimate of drug-likeness (QED) is 0.836. The van der Waals surface area contributed by atoms with Crippen molar-refractivity contribution in [1.29, 1.82) is 0 Å². The summed E-state index contributed by atoms with van der Waals surface area (Å²) in [6, 6.07) is 0. The van der Waals surface area contributed by atoms with Gasteiger partial charge in [0.2, 0.25) is 0 Å². The second-order valence-electron chi connectivity index (χ2n) is 4.95. The van der Waals surface area contributed by atoms with Crippen LogP contribution in [0, 0.1) is 11.8 Å². The molecule has 2 rings (SSSR count). The summed E-state index contributed by atoms with van der Waals surface area (Å²) in [5.74, 6) is 1.99. The van der Waals surface area contributed by atoms with E-state index in [1.54, 1.807) is 6.20 Å². The number of hydrogen-bond acceptors (Lipinski definition) is 3. The highest BCUT2D eigenvalue weighted by Gasteiger charge is 2.31. The summed E-state index contributed by atoms with van der Waals surface area (Å²) in [4.78, 5) is 16.4. The van der Waals surface area contributed by atoms with Gasteiger partial charge in [0.05, 0.1) is 0 Å². The number of hydrogen-bond donors (Lipinski definition) is 1. The van der Waals surface area contributed by atoms with Crippen molar-refractivity contribution in [2.24, 2.45) is 24.6 Å². The maximum absolute atomic E-state index is 12.1. The van der Waals surface area contributed by atoms with Crippen molar-refractivity contribution in [1.82, 2.24) is 9.55 Å². The van der Waals surface area contributed by atoms with Gasteiger partial charge in [0, 0.05) is 38.2 Å². The number of imidazole rings is 1. The fourth-order valence-electron chi connectivity index (χ4n) is 2.80. The molecule has 1 saturated carbocycles. The lowest BCUT2D eigenvalue weighted by Crippen LogP contribution is -2.25. The van der Waals surface area contributed by atoms with Crippen LogP contribution in [0.25, 0.3) is 0 Å². The average molecular weight is 235 g/mol. The first-order chi connectivity index (χ1) is 8.22. The van der Waals surface area contributed by atoms with Crippen LogP contribution in [0.2, 0.25) is 0 Å². The van der Waals surface area contributed by atoms with Crippen molar-refractivity contribution in [2.75, 3.05) is 6.54 Å². The fraction of sp³-hybridized carbons (Fsp3) is 0.692. The summed E-state index contributed by atoms with van der Waals surface area (Å²) in [7, 11) is 1.96. The summed E-state index contributed by atoms with van der Waals surface area (Å²) in [6.45, 7) is 0.652. The largest absolute Gasteiger partial charge is 0.338 e. The Morgan fingerprint density at radius 3 is 3.06 bits per heavy atom. The van der Waals surface area contributed by atoms with Gasteiger partial charge in [0.25, 0.3) is 0 Å². The average Bonchev–Trinajstić information content (AvgIpc) is 2.94. The molecular formula is C13H21N3O. The predicted octanol–water partition coefficient (Wildman–Crippen LogP) is 1.30. The lowest BCUT2D eigenvalue weighted by atomic mass is 9.90. The van der Waals surface area contributed by atoms with Gasteiger partial charge in [-0.25, -0.2) is 4.98 Å². The molecule has 4 nitrogen and oxygen atoms in total. The summed E-state index contributed by atoms with van der Waals surface area (Å²) in [5.41, 5.74) is 5.71. The number of carbonyl (C=O) groups is 1. The minimum atomic E-state index is 0.209. The first-order valence-corrected chi connectivity index (χ1v) is 6.41. The summed E-state index contributed by atoms with van der Waals surface area (Å²) < 4.78 is 1.97. The van der Waals surface area contributed by atoms with Crippen LogP contribution in [-0.4, -0.2) is 21.9 Å². The van der Waals surface area contributed by atoms with Crippen molar-refractivity contribution in [3.63, 3.8) is 0 Å². The normalized spacial score (nSPS) is 24.1. The molecule has 0 saturated heterocycles. The molecule has 0 spiro atoms.